The van der Waals surface area contributed by atoms with Crippen LogP contribution in [-0.2, 0) is 20.7 Å². The summed E-state index contributed by atoms with van der Waals surface area (Å²) in [4.78, 5) is 35.2. The number of benzene rings is 1. The van der Waals surface area contributed by atoms with Gasteiger partial charge in [0.15, 0.2) is 0 Å². The lowest BCUT2D eigenvalue weighted by Gasteiger charge is -2.15. The van der Waals surface area contributed by atoms with E-state index in [9.17, 15) is 14.4 Å². The van der Waals surface area contributed by atoms with Gasteiger partial charge in [0.05, 0.1) is 19.0 Å². The monoisotopic (exact) mass is 431 g/mol. The first kappa shape index (κ1) is 23.7. The number of nitrogens with one attached hydrogen (secondary N) is 4. The molecule has 0 aromatic heterocycles. The van der Waals surface area contributed by atoms with Crippen LogP contribution in [0.25, 0.3) is 0 Å². The first-order valence-electron chi connectivity index (χ1n) is 8.40. The number of carbonyl (C=O) groups excluding carboxylic acids is 3. The van der Waals surface area contributed by atoms with Crippen molar-refractivity contribution in [3.63, 3.8) is 0 Å². The standard InChI is InChI=1S/C17H23Cl2N5O4/c1-9(2)14(20)15(26)22-6-7-28-17(27)24-16(21)23-13(25)8-10-11(18)4-3-5-12(10)19/h3-5,9,14H,6-8,20H2,1-2H3,(H,22,26)(H3,21,23,24,25,27)/t14-/m1/s1. The van der Waals surface area contributed by atoms with Gasteiger partial charge in [-0.05, 0) is 23.6 Å². The third-order valence-corrected chi connectivity index (χ3v) is 4.25. The second-order valence-electron chi connectivity index (χ2n) is 6.12. The molecule has 9 nitrogen and oxygen atoms in total. The molecule has 1 rings (SSSR count). The van der Waals surface area contributed by atoms with E-state index in [1.807, 2.05) is 19.2 Å². The van der Waals surface area contributed by atoms with Crippen LogP contribution in [-0.4, -0.2) is 43.1 Å². The molecular weight excluding hydrogens is 409 g/mol. The summed E-state index contributed by atoms with van der Waals surface area (Å²) in [6, 6.07) is 4.17. The highest BCUT2D eigenvalue weighted by Gasteiger charge is 2.17. The molecule has 28 heavy (non-hydrogen) atoms. The Morgan fingerprint density at radius 2 is 1.79 bits per heavy atom. The van der Waals surface area contributed by atoms with Crippen molar-refractivity contribution in [3.8, 4) is 0 Å². The molecule has 1 aromatic carbocycles. The smallest absolute Gasteiger partial charge is 0.414 e. The van der Waals surface area contributed by atoms with Crippen molar-refractivity contribution < 1.29 is 19.1 Å². The van der Waals surface area contributed by atoms with E-state index in [4.69, 9.17) is 39.1 Å². The number of ether oxygens (including phenoxy) is 1. The molecule has 0 fully saturated rings. The molecule has 0 radical (unpaired) electrons. The second-order valence-corrected chi connectivity index (χ2v) is 6.94. The van der Waals surface area contributed by atoms with Crippen molar-refractivity contribution in [2.24, 2.45) is 11.7 Å². The van der Waals surface area contributed by atoms with Gasteiger partial charge in [-0.3, -0.25) is 25.6 Å². The largest absolute Gasteiger partial charge is 0.447 e. The summed E-state index contributed by atoms with van der Waals surface area (Å²) in [5.41, 5.74) is 6.08. The number of amides is 3. The SMILES string of the molecule is CC(C)[C@@H](N)C(=O)NCCOC(=O)NC(=N)NC(=O)Cc1c(Cl)cccc1Cl. The summed E-state index contributed by atoms with van der Waals surface area (Å²) in [7, 11) is 0. The number of nitrogens with two attached hydrogens (primary N) is 1. The van der Waals surface area contributed by atoms with E-state index >= 15 is 0 Å². The average molecular weight is 432 g/mol. The summed E-state index contributed by atoms with van der Waals surface area (Å²) in [5.74, 6) is -1.52. The number of hydrogen-bond donors (Lipinski definition) is 5. The molecule has 0 aliphatic rings. The van der Waals surface area contributed by atoms with Gasteiger partial charge >= 0.3 is 6.09 Å². The van der Waals surface area contributed by atoms with Crippen LogP contribution in [0.4, 0.5) is 4.79 Å². The minimum Gasteiger partial charge on any atom is -0.447 e. The highest BCUT2D eigenvalue weighted by molar-refractivity contribution is 6.36. The lowest BCUT2D eigenvalue weighted by molar-refractivity contribution is -0.123. The van der Waals surface area contributed by atoms with E-state index in [0.29, 0.717) is 15.6 Å². The van der Waals surface area contributed by atoms with Gasteiger partial charge in [-0.15, -0.1) is 0 Å². The number of hydrogen-bond acceptors (Lipinski definition) is 6. The van der Waals surface area contributed by atoms with Crippen molar-refractivity contribution >= 4 is 47.1 Å². The predicted molar refractivity (Wildman–Crippen MR) is 106 cm³/mol. The van der Waals surface area contributed by atoms with Gasteiger partial charge in [-0.2, -0.15) is 0 Å². The molecule has 0 unspecified atom stereocenters. The summed E-state index contributed by atoms with van der Waals surface area (Å²) >= 11 is 12.0. The topological polar surface area (TPSA) is 146 Å². The maximum atomic E-state index is 11.9. The molecule has 0 aliphatic carbocycles. The Kier molecular flexibility index (Phi) is 9.70. The van der Waals surface area contributed by atoms with Gasteiger partial charge in [0.1, 0.15) is 6.61 Å². The van der Waals surface area contributed by atoms with Crippen LogP contribution in [0, 0.1) is 11.3 Å². The van der Waals surface area contributed by atoms with E-state index in [0.717, 1.165) is 0 Å². The van der Waals surface area contributed by atoms with Gasteiger partial charge in [0, 0.05) is 10.0 Å². The summed E-state index contributed by atoms with van der Waals surface area (Å²) in [5, 5.41) is 15.0. The summed E-state index contributed by atoms with van der Waals surface area (Å²) in [6.45, 7) is 3.57. The van der Waals surface area contributed by atoms with Crippen LogP contribution in [0.3, 0.4) is 0 Å². The second kappa shape index (κ2) is 11.5. The minimum atomic E-state index is -0.955. The normalized spacial score (nSPS) is 11.5. The van der Waals surface area contributed by atoms with Gasteiger partial charge < -0.3 is 15.8 Å². The number of rotatable bonds is 7. The Morgan fingerprint density at radius 3 is 2.36 bits per heavy atom. The lowest BCUT2D eigenvalue weighted by Crippen LogP contribution is -2.46. The zero-order chi connectivity index (χ0) is 21.3. The van der Waals surface area contributed by atoms with E-state index in [2.05, 4.69) is 10.6 Å². The quantitative estimate of drug-likeness (QED) is 0.251. The highest BCUT2D eigenvalue weighted by Crippen LogP contribution is 2.24. The van der Waals surface area contributed by atoms with E-state index in [1.54, 1.807) is 18.2 Å². The van der Waals surface area contributed by atoms with Gasteiger partial charge in [0.2, 0.25) is 17.8 Å². The van der Waals surface area contributed by atoms with Crippen LogP contribution < -0.4 is 21.7 Å². The van der Waals surface area contributed by atoms with Crippen molar-refractivity contribution in [1.82, 2.24) is 16.0 Å². The third kappa shape index (κ3) is 8.12. The van der Waals surface area contributed by atoms with Crippen LogP contribution in [0.1, 0.15) is 19.4 Å². The Labute approximate surface area is 172 Å². The van der Waals surface area contributed by atoms with Crippen LogP contribution in [0.2, 0.25) is 10.0 Å². The highest BCUT2D eigenvalue weighted by atomic mass is 35.5. The molecule has 0 bridgehead atoms. The molecule has 154 valence electrons. The van der Waals surface area contributed by atoms with Gasteiger partial charge in [-0.25, -0.2) is 4.79 Å². The van der Waals surface area contributed by atoms with Crippen molar-refractivity contribution in [3.05, 3.63) is 33.8 Å². The van der Waals surface area contributed by atoms with Gasteiger partial charge in [0.25, 0.3) is 0 Å². The number of carbonyl (C=O) groups is 3. The summed E-state index contributed by atoms with van der Waals surface area (Å²) < 4.78 is 4.80. The Bertz CT molecular complexity index is 722. The molecule has 0 heterocycles. The van der Waals surface area contributed by atoms with E-state index in [1.165, 1.54) is 0 Å². The van der Waals surface area contributed by atoms with Crippen molar-refractivity contribution in [2.45, 2.75) is 26.3 Å². The first-order valence-corrected chi connectivity index (χ1v) is 9.15. The molecule has 0 spiro atoms. The molecule has 1 aromatic rings. The maximum Gasteiger partial charge on any atom is 0.414 e. The molecule has 6 N–H and O–H groups in total. The Morgan fingerprint density at radius 1 is 1.18 bits per heavy atom. The van der Waals surface area contributed by atoms with E-state index < -0.39 is 24.0 Å². The fraction of sp³-hybridized carbons (Fsp3) is 0.412. The number of halogens is 2. The molecule has 0 saturated heterocycles. The minimum absolute atomic E-state index is 0.0195. The molecule has 0 saturated carbocycles. The van der Waals surface area contributed by atoms with Crippen LogP contribution in [0.15, 0.2) is 18.2 Å². The fourth-order valence-electron chi connectivity index (χ4n) is 1.95. The molecule has 1 atom stereocenters. The zero-order valence-electron chi connectivity index (χ0n) is 15.5. The molecule has 3 amide bonds. The molecule has 0 aliphatic heterocycles. The predicted octanol–water partition coefficient (Wildman–Crippen LogP) is 1.41. The average Bonchev–Trinajstić information content (AvgIpc) is 2.60. The fourth-order valence-corrected chi connectivity index (χ4v) is 2.48. The first-order chi connectivity index (χ1) is 13.1. The summed E-state index contributed by atoms with van der Waals surface area (Å²) in [6.07, 6.45) is -1.12. The third-order valence-electron chi connectivity index (χ3n) is 3.55. The lowest BCUT2D eigenvalue weighted by atomic mass is 10.1. The number of guanidine groups is 1. The van der Waals surface area contributed by atoms with Crippen LogP contribution in [0.5, 0.6) is 0 Å². The van der Waals surface area contributed by atoms with Crippen molar-refractivity contribution in [1.29, 1.82) is 5.41 Å². The molecule has 11 heteroatoms. The van der Waals surface area contributed by atoms with Crippen molar-refractivity contribution in [2.75, 3.05) is 13.2 Å². The maximum absolute atomic E-state index is 11.9. The van der Waals surface area contributed by atoms with Crippen LogP contribution >= 0.6 is 23.2 Å². The van der Waals surface area contributed by atoms with Gasteiger partial charge in [-0.1, -0.05) is 43.1 Å². The molecular formula is C17H23Cl2N5O4. The Balaban J connectivity index is 2.32. The Hall–Kier alpha value is -2.36. The van der Waals surface area contributed by atoms with E-state index in [-0.39, 0.29) is 31.4 Å². The zero-order valence-corrected chi connectivity index (χ0v) is 17.0. The number of alkyl carbamates (subject to hydrolysis) is 1.